The molecule has 0 spiro atoms. The molecule has 1 atom stereocenters. The zero-order valence-corrected chi connectivity index (χ0v) is 16.4. The van der Waals surface area contributed by atoms with Crippen LogP contribution in [0.5, 0.6) is 0 Å². The lowest BCUT2D eigenvalue weighted by Crippen LogP contribution is -2.41. The predicted octanol–water partition coefficient (Wildman–Crippen LogP) is 2.20. The van der Waals surface area contributed by atoms with Crippen molar-refractivity contribution in [2.45, 2.75) is 6.04 Å². The molecule has 8 heteroatoms. The van der Waals surface area contributed by atoms with E-state index in [0.29, 0.717) is 24.6 Å². The summed E-state index contributed by atoms with van der Waals surface area (Å²) in [4.78, 5) is 33.7. The van der Waals surface area contributed by atoms with Crippen LogP contribution < -0.4 is 4.90 Å². The predicted molar refractivity (Wildman–Crippen MR) is 107 cm³/mol. The van der Waals surface area contributed by atoms with Crippen molar-refractivity contribution in [3.8, 4) is 11.1 Å². The second-order valence-corrected chi connectivity index (χ2v) is 7.55. The first-order valence-corrected chi connectivity index (χ1v) is 9.93. The summed E-state index contributed by atoms with van der Waals surface area (Å²) in [5.74, 6) is -0.596. The normalized spacial score (nSPS) is 19.1. The molecule has 7 nitrogen and oxygen atoms in total. The van der Waals surface area contributed by atoms with Gasteiger partial charge < -0.3 is 19.3 Å². The zero-order valence-electron chi connectivity index (χ0n) is 15.5. The standard InChI is InChI=1S/C20H21N3O4S/c1-26-20(25)16-3-2-8-23(16)18(24)17-13-15(14-4-6-21-7-5-14)19(28-17)22-9-11-27-12-10-22/h2-7,13,16H,8-12H2,1H3/t16-/m0/s1. The fourth-order valence-electron chi connectivity index (χ4n) is 3.42. The molecule has 2 aromatic heterocycles. The van der Waals surface area contributed by atoms with E-state index in [1.807, 2.05) is 24.3 Å². The number of amides is 1. The van der Waals surface area contributed by atoms with Crippen molar-refractivity contribution in [2.75, 3.05) is 44.9 Å². The SMILES string of the molecule is COC(=O)[C@@H]1C=CCN1C(=O)c1cc(-c2ccncc2)c(N2CCOCC2)s1. The molecule has 0 aliphatic carbocycles. The maximum atomic E-state index is 13.2. The highest BCUT2D eigenvalue weighted by Crippen LogP contribution is 2.40. The van der Waals surface area contributed by atoms with E-state index in [-0.39, 0.29) is 5.91 Å². The molecule has 0 radical (unpaired) electrons. The van der Waals surface area contributed by atoms with Crippen molar-refractivity contribution < 1.29 is 19.1 Å². The number of pyridine rings is 1. The van der Waals surface area contributed by atoms with Crippen LogP contribution >= 0.6 is 11.3 Å². The number of aromatic nitrogens is 1. The number of carbonyl (C=O) groups is 2. The van der Waals surface area contributed by atoms with Gasteiger partial charge in [-0.15, -0.1) is 11.3 Å². The molecule has 1 amide bonds. The Labute approximate surface area is 167 Å². The van der Waals surface area contributed by atoms with Crippen LogP contribution in [0.25, 0.3) is 11.1 Å². The first-order valence-electron chi connectivity index (χ1n) is 9.11. The van der Waals surface area contributed by atoms with Gasteiger partial charge in [0.25, 0.3) is 5.91 Å². The molecule has 28 heavy (non-hydrogen) atoms. The Morgan fingerprint density at radius 1 is 1.25 bits per heavy atom. The summed E-state index contributed by atoms with van der Waals surface area (Å²) in [6.07, 6.45) is 7.02. The van der Waals surface area contributed by atoms with Crippen molar-refractivity contribution in [2.24, 2.45) is 0 Å². The molecule has 0 saturated carbocycles. The molecule has 0 bridgehead atoms. The molecule has 0 aromatic carbocycles. The lowest BCUT2D eigenvalue weighted by molar-refractivity contribution is -0.143. The molecule has 146 valence electrons. The van der Waals surface area contributed by atoms with E-state index in [0.717, 1.165) is 29.2 Å². The minimum absolute atomic E-state index is 0.166. The van der Waals surface area contributed by atoms with Gasteiger partial charge in [-0.05, 0) is 23.8 Å². The molecular weight excluding hydrogens is 378 g/mol. The maximum Gasteiger partial charge on any atom is 0.332 e. The molecule has 4 rings (SSSR count). The van der Waals surface area contributed by atoms with Gasteiger partial charge in [0.1, 0.15) is 6.04 Å². The first-order chi connectivity index (χ1) is 13.7. The largest absolute Gasteiger partial charge is 0.467 e. The highest BCUT2D eigenvalue weighted by molar-refractivity contribution is 7.18. The summed E-state index contributed by atoms with van der Waals surface area (Å²) < 4.78 is 10.3. The number of thiophene rings is 1. The number of hydrogen-bond donors (Lipinski definition) is 0. The molecule has 1 fully saturated rings. The quantitative estimate of drug-likeness (QED) is 0.580. The zero-order chi connectivity index (χ0) is 19.5. The molecule has 2 aromatic rings. The summed E-state index contributed by atoms with van der Waals surface area (Å²) in [6.45, 7) is 3.29. The van der Waals surface area contributed by atoms with E-state index in [4.69, 9.17) is 9.47 Å². The van der Waals surface area contributed by atoms with Gasteiger partial charge in [-0.3, -0.25) is 9.78 Å². The van der Waals surface area contributed by atoms with Crippen LogP contribution in [0.15, 0.2) is 42.7 Å². The third-order valence-electron chi connectivity index (χ3n) is 4.87. The lowest BCUT2D eigenvalue weighted by atomic mass is 10.1. The number of carbonyl (C=O) groups excluding carboxylic acids is 2. The number of anilines is 1. The first kappa shape index (κ1) is 18.6. The number of esters is 1. The highest BCUT2D eigenvalue weighted by Gasteiger charge is 2.33. The summed E-state index contributed by atoms with van der Waals surface area (Å²) in [5.41, 5.74) is 2.01. The Morgan fingerprint density at radius 2 is 2.00 bits per heavy atom. The lowest BCUT2D eigenvalue weighted by Gasteiger charge is -2.28. The van der Waals surface area contributed by atoms with E-state index in [2.05, 4.69) is 9.88 Å². The molecule has 0 N–H and O–H groups in total. The third-order valence-corrected chi connectivity index (χ3v) is 6.06. The summed E-state index contributed by atoms with van der Waals surface area (Å²) in [6, 6.07) is 5.12. The van der Waals surface area contributed by atoms with Crippen molar-refractivity contribution >= 4 is 28.2 Å². The van der Waals surface area contributed by atoms with Crippen LogP contribution in [0.2, 0.25) is 0 Å². The average molecular weight is 399 g/mol. The fourth-order valence-corrected chi connectivity index (χ4v) is 4.61. The van der Waals surface area contributed by atoms with Crippen LogP contribution in [-0.2, 0) is 14.3 Å². The van der Waals surface area contributed by atoms with E-state index in [1.54, 1.807) is 18.5 Å². The van der Waals surface area contributed by atoms with Gasteiger partial charge in [-0.1, -0.05) is 12.2 Å². The number of rotatable bonds is 4. The van der Waals surface area contributed by atoms with Crippen LogP contribution in [0.1, 0.15) is 9.67 Å². The van der Waals surface area contributed by atoms with Crippen LogP contribution in [-0.4, -0.2) is 67.8 Å². The highest BCUT2D eigenvalue weighted by atomic mass is 32.1. The van der Waals surface area contributed by atoms with Crippen molar-refractivity contribution in [3.05, 3.63) is 47.6 Å². The Bertz CT molecular complexity index is 890. The number of hydrogen-bond acceptors (Lipinski definition) is 7. The van der Waals surface area contributed by atoms with Gasteiger partial charge in [-0.25, -0.2) is 4.79 Å². The maximum absolute atomic E-state index is 13.2. The molecule has 4 heterocycles. The minimum Gasteiger partial charge on any atom is -0.467 e. The number of morpholine rings is 1. The minimum atomic E-state index is -0.671. The third kappa shape index (κ3) is 3.53. The van der Waals surface area contributed by atoms with Crippen molar-refractivity contribution in [1.82, 2.24) is 9.88 Å². The molecular formula is C20H21N3O4S. The Hall–Kier alpha value is -2.71. The van der Waals surface area contributed by atoms with Gasteiger partial charge in [0, 0.05) is 37.6 Å². The van der Waals surface area contributed by atoms with Crippen LogP contribution in [0, 0.1) is 0 Å². The summed E-state index contributed by atoms with van der Waals surface area (Å²) in [5, 5.41) is 1.04. The van der Waals surface area contributed by atoms with Crippen LogP contribution in [0.4, 0.5) is 5.00 Å². The number of methoxy groups -OCH3 is 1. The van der Waals surface area contributed by atoms with Crippen molar-refractivity contribution in [3.63, 3.8) is 0 Å². The summed E-state index contributed by atoms with van der Waals surface area (Å²) in [7, 11) is 1.33. The summed E-state index contributed by atoms with van der Waals surface area (Å²) >= 11 is 1.46. The second kappa shape index (κ2) is 8.12. The average Bonchev–Trinajstić information content (AvgIpc) is 3.42. The molecule has 0 unspecified atom stereocenters. The van der Waals surface area contributed by atoms with Gasteiger partial charge in [-0.2, -0.15) is 0 Å². The van der Waals surface area contributed by atoms with E-state index >= 15 is 0 Å². The van der Waals surface area contributed by atoms with Crippen molar-refractivity contribution in [1.29, 1.82) is 0 Å². The Balaban J connectivity index is 1.69. The van der Waals surface area contributed by atoms with E-state index in [1.165, 1.54) is 23.3 Å². The van der Waals surface area contributed by atoms with Crippen LogP contribution in [0.3, 0.4) is 0 Å². The number of ether oxygens (including phenoxy) is 2. The molecule has 1 saturated heterocycles. The Morgan fingerprint density at radius 3 is 2.71 bits per heavy atom. The topological polar surface area (TPSA) is 72.0 Å². The molecule has 2 aliphatic rings. The van der Waals surface area contributed by atoms with Gasteiger partial charge in [0.2, 0.25) is 0 Å². The smallest absolute Gasteiger partial charge is 0.332 e. The number of nitrogens with zero attached hydrogens (tertiary/aromatic N) is 3. The van der Waals surface area contributed by atoms with Gasteiger partial charge >= 0.3 is 5.97 Å². The monoisotopic (exact) mass is 399 g/mol. The van der Waals surface area contributed by atoms with E-state index < -0.39 is 12.0 Å². The fraction of sp³-hybridized carbons (Fsp3) is 0.350. The van der Waals surface area contributed by atoms with E-state index in [9.17, 15) is 9.59 Å². The second-order valence-electron chi connectivity index (χ2n) is 6.52. The Kier molecular flexibility index (Phi) is 5.40. The molecule has 2 aliphatic heterocycles. The van der Waals surface area contributed by atoms with Gasteiger partial charge in [0.05, 0.1) is 30.2 Å². The van der Waals surface area contributed by atoms with Gasteiger partial charge in [0.15, 0.2) is 0 Å².